The van der Waals surface area contributed by atoms with Crippen LogP contribution in [-0.2, 0) is 9.84 Å². The van der Waals surface area contributed by atoms with Crippen LogP contribution in [0, 0.1) is 0 Å². The quantitative estimate of drug-likeness (QED) is 0.902. The van der Waals surface area contributed by atoms with Crippen molar-refractivity contribution in [3.05, 3.63) is 35.9 Å². The van der Waals surface area contributed by atoms with E-state index in [0.29, 0.717) is 6.54 Å². The minimum absolute atomic E-state index is 0.0583. The summed E-state index contributed by atoms with van der Waals surface area (Å²) in [6.45, 7) is 6.71. The normalized spacial score (nSPS) is 27.7. The second-order valence-corrected chi connectivity index (χ2v) is 8.58. The molecule has 1 aromatic rings. The molecule has 1 aromatic carbocycles. The number of nitrogens with one attached hydrogen (secondary N) is 1. The summed E-state index contributed by atoms with van der Waals surface area (Å²) in [6.07, 6.45) is 2.34. The Morgan fingerprint density at radius 2 is 2.00 bits per heavy atom. The molecule has 5 heteroatoms. The zero-order valence-corrected chi connectivity index (χ0v) is 14.0. The van der Waals surface area contributed by atoms with E-state index in [1.165, 1.54) is 11.8 Å². The molecule has 118 valence electrons. The number of rotatable bonds is 5. The van der Waals surface area contributed by atoms with Crippen LogP contribution in [-0.4, -0.2) is 50.5 Å². The van der Waals surface area contributed by atoms with Crippen molar-refractivity contribution in [3.8, 4) is 0 Å². The zero-order chi connectivity index (χ0) is 15.5. The van der Waals surface area contributed by atoms with Gasteiger partial charge in [0, 0.05) is 37.5 Å². The summed E-state index contributed by atoms with van der Waals surface area (Å²) in [5.74, 6) is 0.218. The number of hydrogen-bond donors (Lipinski definition) is 1. The van der Waals surface area contributed by atoms with Gasteiger partial charge in [-0.25, -0.2) is 8.42 Å². The van der Waals surface area contributed by atoms with Crippen LogP contribution >= 0.6 is 0 Å². The average molecular weight is 310 g/mol. The Hall–Kier alpha value is -0.910. The highest BCUT2D eigenvalue weighted by molar-refractivity contribution is 7.90. The molecule has 1 saturated heterocycles. The molecule has 0 radical (unpaired) electrons. The number of nitrogens with zero attached hydrogens (tertiary/aromatic N) is 1. The molecule has 1 aliphatic rings. The number of hydrogen-bond acceptors (Lipinski definition) is 4. The maximum atomic E-state index is 11.5. The molecule has 1 N–H and O–H groups in total. The van der Waals surface area contributed by atoms with Crippen molar-refractivity contribution in [2.45, 2.75) is 31.8 Å². The van der Waals surface area contributed by atoms with Crippen LogP contribution in [0.5, 0.6) is 0 Å². The summed E-state index contributed by atoms with van der Waals surface area (Å²) in [7, 11) is -2.94. The van der Waals surface area contributed by atoms with Crippen LogP contribution < -0.4 is 5.32 Å². The van der Waals surface area contributed by atoms with Gasteiger partial charge in [-0.15, -0.1) is 0 Å². The lowest BCUT2D eigenvalue weighted by molar-refractivity contribution is 0.0901. The lowest BCUT2D eigenvalue weighted by Gasteiger charge is -2.46. The van der Waals surface area contributed by atoms with Gasteiger partial charge < -0.3 is 5.32 Å². The average Bonchev–Trinajstić information content (AvgIpc) is 2.45. The fourth-order valence-electron chi connectivity index (χ4n) is 2.85. The number of sulfone groups is 1. The molecule has 0 spiro atoms. The molecule has 1 aliphatic heterocycles. The standard InChI is InChI=1S/C16H26N2O2S/c1-4-16(2)13-18(10-11-21(3,19)20)15(12-17-16)14-8-6-5-7-9-14/h5-9,15,17H,4,10-13H2,1-3H3. The van der Waals surface area contributed by atoms with Gasteiger partial charge in [-0.3, -0.25) is 4.90 Å². The maximum absolute atomic E-state index is 11.5. The van der Waals surface area contributed by atoms with Crippen LogP contribution in [0.1, 0.15) is 31.9 Å². The third-order valence-electron chi connectivity index (χ3n) is 4.43. The molecule has 21 heavy (non-hydrogen) atoms. The van der Waals surface area contributed by atoms with Crippen LogP contribution in [0.2, 0.25) is 0 Å². The van der Waals surface area contributed by atoms with Gasteiger partial charge in [-0.05, 0) is 18.9 Å². The van der Waals surface area contributed by atoms with Crippen LogP contribution in [0.25, 0.3) is 0 Å². The summed E-state index contributed by atoms with van der Waals surface area (Å²) in [5.41, 5.74) is 1.31. The molecule has 2 unspecified atom stereocenters. The van der Waals surface area contributed by atoms with Crippen molar-refractivity contribution in [2.24, 2.45) is 0 Å². The predicted octanol–water partition coefficient (Wildman–Crippen LogP) is 1.85. The van der Waals surface area contributed by atoms with E-state index in [2.05, 4.69) is 36.2 Å². The van der Waals surface area contributed by atoms with Gasteiger partial charge in [-0.2, -0.15) is 0 Å². The fraction of sp³-hybridized carbons (Fsp3) is 0.625. The van der Waals surface area contributed by atoms with Gasteiger partial charge in [0.15, 0.2) is 0 Å². The summed E-state index contributed by atoms with van der Waals surface area (Å²) in [6, 6.07) is 10.6. The van der Waals surface area contributed by atoms with Crippen molar-refractivity contribution >= 4 is 9.84 Å². The predicted molar refractivity (Wildman–Crippen MR) is 87.2 cm³/mol. The molecular formula is C16H26N2O2S. The molecule has 1 heterocycles. The first-order valence-electron chi connectivity index (χ1n) is 7.55. The van der Waals surface area contributed by atoms with E-state index in [9.17, 15) is 8.42 Å². The molecule has 0 aliphatic carbocycles. The fourth-order valence-corrected chi connectivity index (χ4v) is 3.41. The Bertz CT molecular complexity index is 559. The van der Waals surface area contributed by atoms with E-state index in [-0.39, 0.29) is 17.3 Å². The lowest BCUT2D eigenvalue weighted by Crippen LogP contribution is -2.60. The summed E-state index contributed by atoms with van der Waals surface area (Å²) < 4.78 is 23.0. The molecule has 1 fully saturated rings. The van der Waals surface area contributed by atoms with E-state index in [1.807, 2.05) is 18.2 Å². The maximum Gasteiger partial charge on any atom is 0.148 e. The van der Waals surface area contributed by atoms with E-state index in [0.717, 1.165) is 19.5 Å². The Kier molecular flexibility index (Phi) is 5.07. The second-order valence-electron chi connectivity index (χ2n) is 6.32. The topological polar surface area (TPSA) is 49.4 Å². The SMILES string of the molecule is CCC1(C)CN(CCS(C)(=O)=O)C(c2ccccc2)CN1. The molecule has 4 nitrogen and oxygen atoms in total. The van der Waals surface area contributed by atoms with E-state index >= 15 is 0 Å². The van der Waals surface area contributed by atoms with Crippen LogP contribution in [0.15, 0.2) is 30.3 Å². The smallest absolute Gasteiger partial charge is 0.148 e. The van der Waals surface area contributed by atoms with Crippen LogP contribution in [0.3, 0.4) is 0 Å². The Balaban J connectivity index is 2.18. The van der Waals surface area contributed by atoms with Gasteiger partial charge in [0.05, 0.1) is 5.75 Å². The van der Waals surface area contributed by atoms with Gasteiger partial charge >= 0.3 is 0 Å². The lowest BCUT2D eigenvalue weighted by atomic mass is 9.91. The zero-order valence-electron chi connectivity index (χ0n) is 13.2. The van der Waals surface area contributed by atoms with Crippen molar-refractivity contribution in [2.75, 3.05) is 31.6 Å². The first-order valence-corrected chi connectivity index (χ1v) is 9.61. The van der Waals surface area contributed by atoms with Crippen molar-refractivity contribution in [1.82, 2.24) is 10.2 Å². The summed E-state index contributed by atoms with van der Waals surface area (Å²) in [5, 5.41) is 3.63. The Morgan fingerprint density at radius 1 is 1.33 bits per heavy atom. The van der Waals surface area contributed by atoms with Crippen molar-refractivity contribution < 1.29 is 8.42 Å². The summed E-state index contributed by atoms with van der Waals surface area (Å²) in [4.78, 5) is 2.32. The molecule has 0 bridgehead atoms. The highest BCUT2D eigenvalue weighted by Gasteiger charge is 2.35. The Morgan fingerprint density at radius 3 is 2.57 bits per heavy atom. The third-order valence-corrected chi connectivity index (χ3v) is 5.35. The second kappa shape index (κ2) is 6.46. The molecule has 0 saturated carbocycles. The van der Waals surface area contributed by atoms with Gasteiger partial charge in [0.1, 0.15) is 9.84 Å². The highest BCUT2D eigenvalue weighted by Crippen LogP contribution is 2.28. The van der Waals surface area contributed by atoms with Gasteiger partial charge in [-0.1, -0.05) is 37.3 Å². The molecule has 2 rings (SSSR count). The van der Waals surface area contributed by atoms with Gasteiger partial charge in [0.25, 0.3) is 0 Å². The molecule has 0 amide bonds. The molecule has 0 aromatic heterocycles. The monoisotopic (exact) mass is 310 g/mol. The van der Waals surface area contributed by atoms with Gasteiger partial charge in [0.2, 0.25) is 0 Å². The van der Waals surface area contributed by atoms with E-state index < -0.39 is 9.84 Å². The summed E-state index contributed by atoms with van der Waals surface area (Å²) >= 11 is 0. The highest BCUT2D eigenvalue weighted by atomic mass is 32.2. The Labute approximate surface area is 128 Å². The minimum atomic E-state index is -2.94. The number of benzene rings is 1. The van der Waals surface area contributed by atoms with Crippen molar-refractivity contribution in [3.63, 3.8) is 0 Å². The first-order chi connectivity index (χ1) is 9.83. The first kappa shape index (κ1) is 16.5. The largest absolute Gasteiger partial charge is 0.308 e. The molecular weight excluding hydrogens is 284 g/mol. The molecule has 2 atom stereocenters. The minimum Gasteiger partial charge on any atom is -0.308 e. The third kappa shape index (κ3) is 4.53. The van der Waals surface area contributed by atoms with Crippen molar-refractivity contribution in [1.29, 1.82) is 0 Å². The van der Waals surface area contributed by atoms with E-state index in [4.69, 9.17) is 0 Å². The van der Waals surface area contributed by atoms with E-state index in [1.54, 1.807) is 0 Å². The van der Waals surface area contributed by atoms with Crippen LogP contribution in [0.4, 0.5) is 0 Å². The number of piperazine rings is 1.